The van der Waals surface area contributed by atoms with Crippen LogP contribution in [0.1, 0.15) is 49.4 Å². The zero-order valence-corrected chi connectivity index (χ0v) is 26.1. The van der Waals surface area contributed by atoms with Crippen molar-refractivity contribution in [2.75, 3.05) is 19.6 Å². The molecule has 4 aromatic carbocycles. The molecule has 0 N–H and O–H groups in total. The van der Waals surface area contributed by atoms with E-state index in [0.29, 0.717) is 30.1 Å². The van der Waals surface area contributed by atoms with Crippen LogP contribution in [0.2, 0.25) is 5.02 Å². The Labute approximate surface area is 267 Å². The van der Waals surface area contributed by atoms with Crippen LogP contribution >= 0.6 is 23.2 Å². The number of benzene rings is 4. The lowest BCUT2D eigenvalue weighted by atomic mass is 9.93. The lowest BCUT2D eigenvalue weighted by Crippen LogP contribution is -2.05. The van der Waals surface area contributed by atoms with Gasteiger partial charge in [-0.15, -0.1) is 11.6 Å². The third-order valence-electron chi connectivity index (χ3n) is 7.05. The molecule has 0 fully saturated rings. The molecule has 4 aromatic rings. The van der Waals surface area contributed by atoms with Crippen LogP contribution in [0.5, 0.6) is 17.2 Å². The van der Waals surface area contributed by atoms with Crippen molar-refractivity contribution in [2.24, 2.45) is 0 Å². The maximum absolute atomic E-state index is 12.0. The quantitative estimate of drug-likeness (QED) is 0.0482. The van der Waals surface area contributed by atoms with Gasteiger partial charge in [-0.05, 0) is 84.0 Å². The van der Waals surface area contributed by atoms with Crippen LogP contribution in [0.3, 0.4) is 0 Å². The molecule has 226 valence electrons. The molecular weight excluding hydrogens is 601 g/mol. The average Bonchev–Trinajstić information content (AvgIpc) is 3.04. The third kappa shape index (κ3) is 7.71. The monoisotopic (exact) mass is 631 g/mol. The second-order valence-electron chi connectivity index (χ2n) is 9.92. The summed E-state index contributed by atoms with van der Waals surface area (Å²) in [4.78, 5) is 27.3. The van der Waals surface area contributed by atoms with E-state index < -0.39 is 5.97 Å². The van der Waals surface area contributed by atoms with Crippen LogP contribution in [0.15, 0.2) is 66.7 Å². The number of nitrogens with zero attached hydrogens (tertiary/aromatic N) is 1. The summed E-state index contributed by atoms with van der Waals surface area (Å²) in [6.07, 6.45) is 1.41. The van der Waals surface area contributed by atoms with Crippen molar-refractivity contribution in [1.29, 1.82) is 0 Å². The van der Waals surface area contributed by atoms with Gasteiger partial charge >= 0.3 is 5.97 Å². The summed E-state index contributed by atoms with van der Waals surface area (Å²) in [7, 11) is 1.27. The predicted molar refractivity (Wildman–Crippen MR) is 172 cm³/mol. The Morgan fingerprint density at radius 3 is 2.32 bits per heavy atom. The molecule has 0 spiro atoms. The molecule has 0 amide bonds. The van der Waals surface area contributed by atoms with Crippen molar-refractivity contribution in [2.45, 2.75) is 33.5 Å². The minimum absolute atomic E-state index is 0.00950. The highest BCUT2D eigenvalue weighted by atomic mass is 35.5. The average molecular weight is 633 g/mol. The van der Waals surface area contributed by atoms with Crippen molar-refractivity contribution < 1.29 is 28.5 Å². The summed E-state index contributed by atoms with van der Waals surface area (Å²) >= 11 is 12.3. The van der Waals surface area contributed by atoms with Crippen molar-refractivity contribution in [3.63, 3.8) is 0 Å². The van der Waals surface area contributed by atoms with Gasteiger partial charge in [0, 0.05) is 17.5 Å². The molecule has 0 aliphatic rings. The number of hydrogen-bond acceptors (Lipinski definition) is 6. The fourth-order valence-corrected chi connectivity index (χ4v) is 5.02. The molecule has 0 radical (unpaired) electrons. The van der Waals surface area contributed by atoms with Gasteiger partial charge in [0.25, 0.3) is 0 Å². The number of aldehydes is 1. The van der Waals surface area contributed by atoms with Gasteiger partial charge in [-0.3, -0.25) is 4.79 Å². The smallest absolute Gasteiger partial charge is 0.336 e. The first-order chi connectivity index (χ1) is 21.3. The molecule has 0 heterocycles. The highest BCUT2D eigenvalue weighted by Crippen LogP contribution is 2.36. The van der Waals surface area contributed by atoms with Crippen LogP contribution in [0.25, 0.3) is 16.0 Å². The number of carbonyl (C=O) groups excluding carboxylic acids is 2. The maximum Gasteiger partial charge on any atom is 0.336 e. The van der Waals surface area contributed by atoms with Crippen LogP contribution in [-0.4, -0.2) is 31.9 Å². The highest BCUT2D eigenvalue weighted by molar-refractivity contribution is 6.32. The molecule has 0 saturated heterocycles. The first kappa shape index (κ1) is 32.4. The normalized spacial score (nSPS) is 10.5. The lowest BCUT2D eigenvalue weighted by Gasteiger charge is -2.17. The number of rotatable bonds is 13. The van der Waals surface area contributed by atoms with Crippen LogP contribution in [0.4, 0.5) is 5.69 Å². The van der Waals surface area contributed by atoms with E-state index in [0.717, 1.165) is 40.0 Å². The van der Waals surface area contributed by atoms with E-state index in [1.165, 1.54) is 19.2 Å². The van der Waals surface area contributed by atoms with E-state index in [1.807, 2.05) is 38.1 Å². The van der Waals surface area contributed by atoms with Crippen LogP contribution in [0, 0.1) is 20.4 Å². The molecule has 0 aliphatic heterocycles. The van der Waals surface area contributed by atoms with Crippen molar-refractivity contribution >= 4 is 41.1 Å². The number of carbonyl (C=O) groups is 2. The van der Waals surface area contributed by atoms with Gasteiger partial charge in [-0.25, -0.2) is 9.64 Å². The Morgan fingerprint density at radius 1 is 0.886 bits per heavy atom. The fourth-order valence-electron chi connectivity index (χ4n) is 4.68. The van der Waals surface area contributed by atoms with E-state index in [4.69, 9.17) is 48.7 Å². The topological polar surface area (TPSA) is 75.4 Å². The van der Waals surface area contributed by atoms with Gasteiger partial charge < -0.3 is 18.9 Å². The summed E-state index contributed by atoms with van der Waals surface area (Å²) in [6.45, 7) is 12.2. The Kier molecular flexibility index (Phi) is 11.3. The molecule has 0 unspecified atom stereocenters. The second-order valence-corrected chi connectivity index (χ2v) is 10.7. The zero-order valence-electron chi connectivity index (χ0n) is 24.6. The summed E-state index contributed by atoms with van der Waals surface area (Å²) in [5.41, 5.74) is 6.46. The molecule has 7 nitrogen and oxygen atoms in total. The molecular formula is C35H31Cl2NO6. The lowest BCUT2D eigenvalue weighted by molar-refractivity contribution is 0.0600. The first-order valence-electron chi connectivity index (χ1n) is 13.8. The first-order valence-corrected chi connectivity index (χ1v) is 14.7. The maximum atomic E-state index is 12.0. The van der Waals surface area contributed by atoms with Crippen LogP contribution in [-0.2, 0) is 18.0 Å². The van der Waals surface area contributed by atoms with E-state index in [-0.39, 0.29) is 40.8 Å². The van der Waals surface area contributed by atoms with Gasteiger partial charge in [0.1, 0.15) is 30.5 Å². The Bertz CT molecular complexity index is 1710. The van der Waals surface area contributed by atoms with E-state index in [9.17, 15) is 9.59 Å². The van der Waals surface area contributed by atoms with E-state index >= 15 is 0 Å². The summed E-state index contributed by atoms with van der Waals surface area (Å²) in [5.74, 6) is 1.40. The minimum atomic E-state index is -0.565. The SMILES string of the molecule is [C-]#[N+]c1cc(COc2cc(OCc3cccc(-c4cccc(OCCCCl)c4C)c3C)c(Cl)cc2C=O)cc(C(=O)OC)c1. The minimum Gasteiger partial charge on any atom is -0.493 e. The molecule has 0 atom stereocenters. The summed E-state index contributed by atoms with van der Waals surface area (Å²) in [6, 6.07) is 19.7. The van der Waals surface area contributed by atoms with E-state index in [2.05, 4.69) is 17.0 Å². The number of ether oxygens (including phenoxy) is 4. The molecule has 0 aliphatic carbocycles. The molecule has 44 heavy (non-hydrogen) atoms. The Morgan fingerprint density at radius 2 is 1.61 bits per heavy atom. The summed E-state index contributed by atoms with van der Waals surface area (Å²) < 4.78 is 22.8. The zero-order chi connectivity index (χ0) is 31.6. The van der Waals surface area contributed by atoms with Crippen LogP contribution < -0.4 is 14.2 Å². The number of alkyl halides is 1. The number of methoxy groups -OCH3 is 1. The number of hydrogen-bond donors (Lipinski definition) is 0. The molecule has 9 heteroatoms. The Hall–Kier alpha value is -4.51. The van der Waals surface area contributed by atoms with Crippen molar-refractivity contribution in [3.8, 4) is 28.4 Å². The number of esters is 1. The highest BCUT2D eigenvalue weighted by Gasteiger charge is 2.16. The standard InChI is InChI=1S/C35H31Cl2NO6/c1-22-25(8-5-9-29(22)30-10-6-11-32(23(30)2)42-13-7-12-36)21-44-34-18-33(27(19-39)17-31(34)37)43-20-24-14-26(35(40)41-4)16-28(15-24)38-3/h5-6,8-11,14-19H,7,12-13,20-21H2,1-2,4H3. The Balaban J connectivity index is 1.55. The van der Waals surface area contributed by atoms with Gasteiger partial charge in [-0.2, -0.15) is 0 Å². The van der Waals surface area contributed by atoms with Gasteiger partial charge in [0.2, 0.25) is 0 Å². The van der Waals surface area contributed by atoms with Gasteiger partial charge in [0.05, 0.1) is 30.9 Å². The molecule has 0 aromatic heterocycles. The summed E-state index contributed by atoms with van der Waals surface area (Å²) in [5, 5.41) is 0.258. The fraction of sp³-hybridized carbons (Fsp3) is 0.229. The molecule has 0 saturated carbocycles. The predicted octanol–water partition coefficient (Wildman–Crippen LogP) is 8.94. The van der Waals surface area contributed by atoms with Gasteiger partial charge in [0.15, 0.2) is 12.0 Å². The second kappa shape index (κ2) is 15.3. The van der Waals surface area contributed by atoms with E-state index in [1.54, 1.807) is 18.2 Å². The largest absolute Gasteiger partial charge is 0.493 e. The van der Waals surface area contributed by atoms with Gasteiger partial charge in [-0.1, -0.05) is 41.9 Å². The number of halogens is 2. The third-order valence-corrected chi connectivity index (χ3v) is 7.61. The molecule has 4 rings (SSSR count). The van der Waals surface area contributed by atoms with Crippen molar-refractivity contribution in [3.05, 3.63) is 117 Å². The van der Waals surface area contributed by atoms with Crippen molar-refractivity contribution in [1.82, 2.24) is 0 Å². The molecule has 0 bridgehead atoms.